The van der Waals surface area contributed by atoms with Crippen LogP contribution in [0, 0.1) is 0 Å². The molecule has 4 nitrogen and oxygen atoms in total. The smallest absolute Gasteiger partial charge is 0.339 e. The normalized spacial score (nSPS) is 12.5. The number of carboxylic acid groups (broad SMARTS) is 1. The molecule has 0 radical (unpaired) electrons. The lowest BCUT2D eigenvalue weighted by Crippen LogP contribution is -2.31. The van der Waals surface area contributed by atoms with Crippen LogP contribution in [0.5, 0.6) is 0 Å². The minimum Gasteiger partial charge on any atom is -0.478 e. The SMILES string of the molecule is CC(CNc1cccc(Cl)c1C(=O)O)N(C)C. The topological polar surface area (TPSA) is 52.6 Å². The molecule has 0 heterocycles. The minimum absolute atomic E-state index is 0.125. The number of hydrogen-bond donors (Lipinski definition) is 2. The molecule has 0 spiro atoms. The number of hydrogen-bond acceptors (Lipinski definition) is 3. The second-order valence-electron chi connectivity index (χ2n) is 4.16. The molecule has 5 heteroatoms. The largest absolute Gasteiger partial charge is 0.478 e. The van der Waals surface area contributed by atoms with E-state index in [1.165, 1.54) is 0 Å². The molecular weight excluding hydrogens is 240 g/mol. The lowest BCUT2D eigenvalue weighted by Gasteiger charge is -2.21. The van der Waals surface area contributed by atoms with E-state index < -0.39 is 5.97 Å². The highest BCUT2D eigenvalue weighted by atomic mass is 35.5. The third kappa shape index (κ3) is 3.61. The zero-order valence-electron chi connectivity index (χ0n) is 10.2. The first-order valence-corrected chi connectivity index (χ1v) is 5.73. The average Bonchev–Trinajstić information content (AvgIpc) is 2.24. The van der Waals surface area contributed by atoms with Crippen molar-refractivity contribution in [3.63, 3.8) is 0 Å². The number of rotatable bonds is 5. The van der Waals surface area contributed by atoms with Crippen molar-refractivity contribution in [2.45, 2.75) is 13.0 Å². The van der Waals surface area contributed by atoms with Gasteiger partial charge in [0.1, 0.15) is 5.56 Å². The average molecular weight is 257 g/mol. The highest BCUT2D eigenvalue weighted by molar-refractivity contribution is 6.34. The molecule has 0 bridgehead atoms. The monoisotopic (exact) mass is 256 g/mol. The van der Waals surface area contributed by atoms with Gasteiger partial charge in [0.25, 0.3) is 0 Å². The van der Waals surface area contributed by atoms with Crippen LogP contribution in [-0.4, -0.2) is 42.7 Å². The molecule has 2 N–H and O–H groups in total. The molecule has 0 amide bonds. The standard InChI is InChI=1S/C12H17ClN2O2/c1-8(15(2)3)7-14-10-6-4-5-9(13)11(10)12(16)17/h4-6,8,14H,7H2,1-3H3,(H,16,17). The van der Waals surface area contributed by atoms with Crippen molar-refractivity contribution in [3.8, 4) is 0 Å². The Bertz CT molecular complexity index is 407. The molecular formula is C12H17ClN2O2. The number of nitrogens with zero attached hydrogens (tertiary/aromatic N) is 1. The van der Waals surface area contributed by atoms with Crippen LogP contribution in [0.4, 0.5) is 5.69 Å². The number of halogens is 1. The van der Waals surface area contributed by atoms with Crippen molar-refractivity contribution in [1.82, 2.24) is 4.90 Å². The summed E-state index contributed by atoms with van der Waals surface area (Å²) in [6.07, 6.45) is 0. The quantitative estimate of drug-likeness (QED) is 0.850. The summed E-state index contributed by atoms with van der Waals surface area (Å²) in [5.41, 5.74) is 0.679. The first-order valence-electron chi connectivity index (χ1n) is 5.35. The lowest BCUT2D eigenvalue weighted by atomic mass is 10.1. The van der Waals surface area contributed by atoms with E-state index in [0.29, 0.717) is 18.3 Å². The second-order valence-corrected chi connectivity index (χ2v) is 4.57. The van der Waals surface area contributed by atoms with Crippen LogP contribution in [0.1, 0.15) is 17.3 Å². The lowest BCUT2D eigenvalue weighted by molar-refractivity contribution is 0.0698. The fourth-order valence-electron chi connectivity index (χ4n) is 1.33. The Morgan fingerprint density at radius 3 is 2.71 bits per heavy atom. The van der Waals surface area contributed by atoms with Crippen molar-refractivity contribution < 1.29 is 9.90 Å². The van der Waals surface area contributed by atoms with Gasteiger partial charge in [-0.3, -0.25) is 0 Å². The Labute approximate surface area is 106 Å². The number of likely N-dealkylation sites (N-methyl/N-ethyl adjacent to an activating group) is 1. The zero-order chi connectivity index (χ0) is 13.0. The molecule has 1 atom stereocenters. The Hall–Kier alpha value is -1.26. The number of aromatic carboxylic acids is 1. The third-order valence-electron chi connectivity index (χ3n) is 2.70. The van der Waals surface area contributed by atoms with Gasteiger partial charge in [-0.2, -0.15) is 0 Å². The molecule has 17 heavy (non-hydrogen) atoms. The van der Waals surface area contributed by atoms with E-state index in [0.717, 1.165) is 0 Å². The molecule has 0 aliphatic carbocycles. The van der Waals surface area contributed by atoms with Crippen molar-refractivity contribution in [1.29, 1.82) is 0 Å². The van der Waals surface area contributed by atoms with Crippen LogP contribution in [0.2, 0.25) is 5.02 Å². The summed E-state index contributed by atoms with van der Waals surface area (Å²) >= 11 is 5.87. The molecule has 1 aromatic rings. The van der Waals surface area contributed by atoms with Crippen LogP contribution < -0.4 is 5.32 Å². The predicted octanol–water partition coefficient (Wildman–Crippen LogP) is 2.40. The number of carboxylic acids is 1. The summed E-state index contributed by atoms with van der Waals surface area (Å²) < 4.78 is 0. The van der Waals surface area contributed by atoms with Crippen LogP contribution in [-0.2, 0) is 0 Å². The molecule has 1 aromatic carbocycles. The van der Waals surface area contributed by atoms with Crippen LogP contribution in [0.25, 0.3) is 0 Å². The fourth-order valence-corrected chi connectivity index (χ4v) is 1.58. The van der Waals surface area contributed by atoms with Crippen molar-refractivity contribution in [3.05, 3.63) is 28.8 Å². The highest BCUT2D eigenvalue weighted by Crippen LogP contribution is 2.24. The first-order chi connectivity index (χ1) is 7.93. The van der Waals surface area contributed by atoms with Gasteiger partial charge in [0.05, 0.1) is 10.7 Å². The van der Waals surface area contributed by atoms with E-state index in [-0.39, 0.29) is 10.6 Å². The molecule has 0 fully saturated rings. The number of benzene rings is 1. The number of carbonyl (C=O) groups is 1. The second kappa shape index (κ2) is 5.89. The summed E-state index contributed by atoms with van der Waals surface area (Å²) in [6, 6.07) is 5.33. The number of nitrogens with one attached hydrogen (secondary N) is 1. The summed E-state index contributed by atoms with van der Waals surface area (Å²) in [7, 11) is 3.95. The highest BCUT2D eigenvalue weighted by Gasteiger charge is 2.14. The predicted molar refractivity (Wildman–Crippen MR) is 70.1 cm³/mol. The molecule has 0 saturated heterocycles. The van der Waals surface area contributed by atoms with E-state index in [2.05, 4.69) is 17.1 Å². The molecule has 0 aliphatic rings. The molecule has 1 unspecified atom stereocenters. The van der Waals surface area contributed by atoms with Gasteiger partial charge in [0, 0.05) is 12.6 Å². The molecule has 0 aliphatic heterocycles. The van der Waals surface area contributed by atoms with E-state index in [9.17, 15) is 4.79 Å². The van der Waals surface area contributed by atoms with Crippen molar-refractivity contribution in [2.75, 3.05) is 26.0 Å². The number of anilines is 1. The zero-order valence-corrected chi connectivity index (χ0v) is 11.0. The van der Waals surface area contributed by atoms with Gasteiger partial charge < -0.3 is 15.3 Å². The maximum atomic E-state index is 11.1. The van der Waals surface area contributed by atoms with E-state index in [1.54, 1.807) is 18.2 Å². The summed E-state index contributed by atoms with van der Waals surface area (Å²) in [5.74, 6) is -1.02. The van der Waals surface area contributed by atoms with Gasteiger partial charge in [-0.25, -0.2) is 4.79 Å². The minimum atomic E-state index is -1.02. The summed E-state index contributed by atoms with van der Waals surface area (Å²) in [5, 5.41) is 12.4. The Morgan fingerprint density at radius 1 is 1.53 bits per heavy atom. The maximum Gasteiger partial charge on any atom is 0.339 e. The van der Waals surface area contributed by atoms with Gasteiger partial charge in [-0.1, -0.05) is 17.7 Å². The molecule has 1 rings (SSSR count). The Balaban J connectivity index is 2.84. The fraction of sp³-hybridized carbons (Fsp3) is 0.417. The maximum absolute atomic E-state index is 11.1. The van der Waals surface area contributed by atoms with Gasteiger partial charge in [-0.15, -0.1) is 0 Å². The first kappa shape index (κ1) is 13.8. The molecule has 0 aromatic heterocycles. The van der Waals surface area contributed by atoms with Crippen molar-refractivity contribution >= 4 is 23.3 Å². The van der Waals surface area contributed by atoms with Crippen LogP contribution in [0.15, 0.2) is 18.2 Å². The van der Waals surface area contributed by atoms with E-state index >= 15 is 0 Å². The Kier molecular flexibility index (Phi) is 4.78. The molecule has 94 valence electrons. The van der Waals surface area contributed by atoms with Crippen LogP contribution >= 0.6 is 11.6 Å². The van der Waals surface area contributed by atoms with Gasteiger partial charge in [0.2, 0.25) is 0 Å². The Morgan fingerprint density at radius 2 is 2.18 bits per heavy atom. The molecule has 0 saturated carbocycles. The van der Waals surface area contributed by atoms with E-state index in [1.807, 2.05) is 14.1 Å². The van der Waals surface area contributed by atoms with Crippen LogP contribution in [0.3, 0.4) is 0 Å². The van der Waals surface area contributed by atoms with Crippen molar-refractivity contribution in [2.24, 2.45) is 0 Å². The van der Waals surface area contributed by atoms with E-state index in [4.69, 9.17) is 16.7 Å². The van der Waals surface area contributed by atoms with Gasteiger partial charge >= 0.3 is 5.97 Å². The van der Waals surface area contributed by atoms with Gasteiger partial charge in [-0.05, 0) is 33.2 Å². The third-order valence-corrected chi connectivity index (χ3v) is 3.01. The van der Waals surface area contributed by atoms with Gasteiger partial charge in [0.15, 0.2) is 0 Å². The summed E-state index contributed by atoms with van der Waals surface area (Å²) in [4.78, 5) is 13.1. The summed E-state index contributed by atoms with van der Waals surface area (Å²) in [6.45, 7) is 2.71.